The molecule has 0 fully saturated rings. The minimum atomic E-state index is -0.320. The highest BCUT2D eigenvalue weighted by Crippen LogP contribution is 2.31. The van der Waals surface area contributed by atoms with Crippen molar-refractivity contribution in [1.82, 2.24) is 0 Å². The zero-order chi connectivity index (χ0) is 19.3. The fraction of sp³-hybridized carbons (Fsp3) is 0.261. The summed E-state index contributed by atoms with van der Waals surface area (Å²) in [5.41, 5.74) is 5.05. The van der Waals surface area contributed by atoms with Gasteiger partial charge < -0.3 is 9.84 Å². The van der Waals surface area contributed by atoms with Gasteiger partial charge in [0.15, 0.2) is 0 Å². The van der Waals surface area contributed by atoms with Crippen molar-refractivity contribution in [2.45, 2.75) is 34.6 Å². The Balaban J connectivity index is 2.26. The molecule has 2 rings (SSSR count). The molecule has 3 nitrogen and oxygen atoms in total. The molecule has 0 aliphatic rings. The van der Waals surface area contributed by atoms with E-state index in [0.29, 0.717) is 12.4 Å². The van der Waals surface area contributed by atoms with E-state index >= 15 is 0 Å². The van der Waals surface area contributed by atoms with Crippen LogP contribution in [-0.2, 0) is 9.53 Å². The fourth-order valence-electron chi connectivity index (χ4n) is 2.83. The molecule has 0 heterocycles. The summed E-state index contributed by atoms with van der Waals surface area (Å²) in [6.07, 6.45) is 7.32. The predicted molar refractivity (Wildman–Crippen MR) is 108 cm³/mol. The van der Waals surface area contributed by atoms with Crippen LogP contribution in [0.5, 0.6) is 5.75 Å². The van der Waals surface area contributed by atoms with E-state index < -0.39 is 0 Å². The number of phenols is 1. The van der Waals surface area contributed by atoms with Gasteiger partial charge in [0.25, 0.3) is 0 Å². The van der Waals surface area contributed by atoms with Crippen LogP contribution < -0.4 is 0 Å². The number of aromatic hydroxyl groups is 1. The molecule has 136 valence electrons. The van der Waals surface area contributed by atoms with Crippen molar-refractivity contribution in [2.75, 3.05) is 6.61 Å². The quantitative estimate of drug-likeness (QED) is 0.432. The number of esters is 1. The maximum Gasteiger partial charge on any atom is 0.330 e. The van der Waals surface area contributed by atoms with E-state index in [1.807, 2.05) is 45.1 Å². The Morgan fingerprint density at radius 3 is 2.58 bits per heavy atom. The summed E-state index contributed by atoms with van der Waals surface area (Å²) in [4.78, 5) is 11.4. The van der Waals surface area contributed by atoms with Crippen molar-refractivity contribution in [3.63, 3.8) is 0 Å². The summed E-state index contributed by atoms with van der Waals surface area (Å²) in [6.45, 7) is 10.0. The largest absolute Gasteiger partial charge is 0.508 e. The summed E-state index contributed by atoms with van der Waals surface area (Å²) < 4.78 is 4.90. The molecule has 0 aromatic heterocycles. The molecule has 3 heteroatoms. The van der Waals surface area contributed by atoms with Crippen LogP contribution in [0.15, 0.2) is 54.1 Å². The maximum absolute atomic E-state index is 11.4. The molecule has 1 N–H and O–H groups in total. The number of aryl methyl sites for hydroxylation is 2. The van der Waals surface area contributed by atoms with Crippen molar-refractivity contribution >= 4 is 22.3 Å². The first-order chi connectivity index (χ1) is 12.3. The molecule has 0 spiro atoms. The first-order valence-electron chi connectivity index (χ1n) is 8.76. The molecule has 0 radical (unpaired) electrons. The summed E-state index contributed by atoms with van der Waals surface area (Å²) in [5.74, 6) is 0.0146. The molecule has 0 unspecified atom stereocenters. The summed E-state index contributed by atoms with van der Waals surface area (Å²) in [5, 5.41) is 12.2. The van der Waals surface area contributed by atoms with E-state index in [1.54, 1.807) is 6.92 Å². The lowest BCUT2D eigenvalue weighted by atomic mass is 9.96. The Morgan fingerprint density at radius 1 is 1.15 bits per heavy atom. The number of ether oxygens (including phenoxy) is 1. The third kappa shape index (κ3) is 4.63. The number of carbonyl (C=O) groups excluding carboxylic acids is 1. The number of hydrogen-bond acceptors (Lipinski definition) is 3. The Bertz CT molecular complexity index is 915. The highest BCUT2D eigenvalue weighted by atomic mass is 16.5. The standard InChI is InChI=1S/C23H26O3/c1-6-26-23(25)12-15(2)8-7-9-16(3)19-10-11-20-18(5)22(24)13-17(4)21(20)14-19/h7-14,24H,6H2,1-5H3/b8-7+,15-12?,16-9?. The molecule has 0 atom stereocenters. The molecule has 2 aromatic rings. The van der Waals surface area contributed by atoms with Gasteiger partial charge in [-0.2, -0.15) is 0 Å². The molecule has 0 amide bonds. The Hall–Kier alpha value is -2.81. The average Bonchev–Trinajstić information content (AvgIpc) is 2.59. The van der Waals surface area contributed by atoms with Crippen LogP contribution in [-0.4, -0.2) is 17.7 Å². The van der Waals surface area contributed by atoms with Gasteiger partial charge in [0, 0.05) is 6.08 Å². The van der Waals surface area contributed by atoms with Crippen LogP contribution in [0.1, 0.15) is 37.5 Å². The van der Waals surface area contributed by atoms with E-state index in [0.717, 1.165) is 38.6 Å². The minimum Gasteiger partial charge on any atom is -0.508 e. The topological polar surface area (TPSA) is 46.5 Å². The van der Waals surface area contributed by atoms with Crippen LogP contribution >= 0.6 is 0 Å². The minimum absolute atomic E-state index is 0.320. The molecular weight excluding hydrogens is 324 g/mol. The van der Waals surface area contributed by atoms with E-state index in [9.17, 15) is 9.90 Å². The van der Waals surface area contributed by atoms with Gasteiger partial charge in [0.2, 0.25) is 0 Å². The second-order valence-corrected chi connectivity index (χ2v) is 6.45. The second-order valence-electron chi connectivity index (χ2n) is 6.45. The zero-order valence-electron chi connectivity index (χ0n) is 16.1. The van der Waals surface area contributed by atoms with Gasteiger partial charge in [-0.25, -0.2) is 4.79 Å². The van der Waals surface area contributed by atoms with Gasteiger partial charge in [0.1, 0.15) is 5.75 Å². The van der Waals surface area contributed by atoms with E-state index in [4.69, 9.17) is 4.74 Å². The number of allylic oxidation sites excluding steroid dienone is 5. The third-order valence-corrected chi connectivity index (χ3v) is 4.38. The van der Waals surface area contributed by atoms with Crippen molar-refractivity contribution in [3.05, 3.63) is 70.8 Å². The van der Waals surface area contributed by atoms with Gasteiger partial charge in [0.05, 0.1) is 6.61 Å². The van der Waals surface area contributed by atoms with Crippen LogP contribution in [0.2, 0.25) is 0 Å². The lowest BCUT2D eigenvalue weighted by Crippen LogP contribution is -1.99. The molecule has 0 bridgehead atoms. The van der Waals surface area contributed by atoms with Crippen molar-refractivity contribution in [1.29, 1.82) is 0 Å². The number of fused-ring (bicyclic) bond motifs is 1. The van der Waals surface area contributed by atoms with Gasteiger partial charge in [-0.15, -0.1) is 0 Å². The molecule has 0 saturated heterocycles. The first kappa shape index (κ1) is 19.5. The van der Waals surface area contributed by atoms with Crippen molar-refractivity contribution < 1.29 is 14.6 Å². The molecule has 0 saturated carbocycles. The lowest BCUT2D eigenvalue weighted by molar-refractivity contribution is -0.137. The van der Waals surface area contributed by atoms with Crippen LogP contribution in [0.4, 0.5) is 0 Å². The Labute approximate surface area is 155 Å². The number of benzene rings is 2. The SMILES string of the molecule is CCOC(=O)C=C(C)/C=C/C=C(C)c1ccc2c(C)c(O)cc(C)c2c1. The van der Waals surface area contributed by atoms with Gasteiger partial charge >= 0.3 is 5.97 Å². The number of phenolic OH excluding ortho intramolecular Hbond substituents is 1. The number of rotatable bonds is 5. The molecule has 2 aromatic carbocycles. The van der Waals surface area contributed by atoms with Gasteiger partial charge in [-0.1, -0.05) is 30.4 Å². The number of hydrogen-bond donors (Lipinski definition) is 1. The maximum atomic E-state index is 11.4. The Kier molecular flexibility index (Phi) is 6.40. The molecule has 0 aliphatic heterocycles. The number of carbonyl (C=O) groups is 1. The van der Waals surface area contributed by atoms with Crippen molar-refractivity contribution in [2.24, 2.45) is 0 Å². The predicted octanol–water partition coefficient (Wildman–Crippen LogP) is 5.63. The molecule has 26 heavy (non-hydrogen) atoms. The first-order valence-corrected chi connectivity index (χ1v) is 8.76. The lowest BCUT2D eigenvalue weighted by Gasteiger charge is -2.10. The third-order valence-electron chi connectivity index (χ3n) is 4.38. The smallest absolute Gasteiger partial charge is 0.330 e. The van der Waals surface area contributed by atoms with E-state index in [1.165, 1.54) is 6.08 Å². The summed E-state index contributed by atoms with van der Waals surface area (Å²) >= 11 is 0. The normalized spacial score (nSPS) is 12.8. The zero-order valence-corrected chi connectivity index (χ0v) is 16.1. The van der Waals surface area contributed by atoms with Gasteiger partial charge in [-0.05, 0) is 85.4 Å². The van der Waals surface area contributed by atoms with E-state index in [-0.39, 0.29) is 5.97 Å². The summed E-state index contributed by atoms with van der Waals surface area (Å²) in [7, 11) is 0. The fourth-order valence-corrected chi connectivity index (χ4v) is 2.83. The van der Waals surface area contributed by atoms with Crippen LogP contribution in [0.25, 0.3) is 16.3 Å². The highest BCUT2D eigenvalue weighted by molar-refractivity contribution is 5.92. The average molecular weight is 350 g/mol. The highest BCUT2D eigenvalue weighted by Gasteiger charge is 2.07. The van der Waals surface area contributed by atoms with Crippen LogP contribution in [0.3, 0.4) is 0 Å². The Morgan fingerprint density at radius 2 is 1.88 bits per heavy atom. The second kappa shape index (κ2) is 8.52. The van der Waals surface area contributed by atoms with Crippen LogP contribution in [0, 0.1) is 13.8 Å². The van der Waals surface area contributed by atoms with Gasteiger partial charge in [-0.3, -0.25) is 0 Å². The monoisotopic (exact) mass is 350 g/mol. The molecule has 0 aliphatic carbocycles. The van der Waals surface area contributed by atoms with E-state index in [2.05, 4.69) is 25.1 Å². The van der Waals surface area contributed by atoms with Crippen molar-refractivity contribution in [3.8, 4) is 5.75 Å². The molecular formula is C23H26O3. The summed E-state index contributed by atoms with van der Waals surface area (Å²) in [6, 6.07) is 8.08.